The average molecular weight is 322 g/mol. The van der Waals surface area contributed by atoms with Gasteiger partial charge in [0.25, 0.3) is 5.69 Å². The maximum atomic E-state index is 12.0. The van der Waals surface area contributed by atoms with Gasteiger partial charge in [-0.15, -0.1) is 0 Å². The smallest absolute Gasteiger partial charge is 0.387 e. The maximum absolute atomic E-state index is 12.0. The number of carbonyl (C=O) groups excluding carboxylic acids is 1. The lowest BCUT2D eigenvalue weighted by Gasteiger charge is -2.07. The normalized spacial score (nSPS) is 10.4. The lowest BCUT2D eigenvalue weighted by atomic mass is 10.1. The fourth-order valence-electron chi connectivity index (χ4n) is 1.85. The molecule has 0 radical (unpaired) electrons. The van der Waals surface area contributed by atoms with Crippen LogP contribution in [0.5, 0.6) is 5.75 Å². The van der Waals surface area contributed by atoms with Crippen LogP contribution in [0.25, 0.3) is 0 Å². The number of halogens is 2. The number of alkyl halides is 2. The van der Waals surface area contributed by atoms with Crippen LogP contribution in [0.15, 0.2) is 48.5 Å². The monoisotopic (exact) mass is 322 g/mol. The van der Waals surface area contributed by atoms with E-state index in [1.54, 1.807) is 0 Å². The average Bonchev–Trinajstić information content (AvgIpc) is 2.49. The van der Waals surface area contributed by atoms with E-state index in [1.807, 2.05) is 0 Å². The molecule has 6 nitrogen and oxygen atoms in total. The molecule has 0 spiro atoms. The number of amides is 1. The van der Waals surface area contributed by atoms with Crippen LogP contribution in [-0.4, -0.2) is 17.4 Å². The predicted molar refractivity (Wildman–Crippen MR) is 78.5 cm³/mol. The van der Waals surface area contributed by atoms with Crippen LogP contribution in [0.1, 0.15) is 5.56 Å². The molecule has 0 saturated heterocycles. The predicted octanol–water partition coefficient (Wildman–Crippen LogP) is 3.38. The summed E-state index contributed by atoms with van der Waals surface area (Å²) in [5, 5.41) is 13.1. The molecule has 0 unspecified atom stereocenters. The number of non-ortho nitro benzene ring substituents is 1. The highest BCUT2D eigenvalue weighted by molar-refractivity contribution is 5.92. The van der Waals surface area contributed by atoms with Gasteiger partial charge in [-0.2, -0.15) is 8.78 Å². The molecule has 0 aliphatic heterocycles. The minimum absolute atomic E-state index is 0.0135. The molecule has 0 saturated carbocycles. The molecule has 2 aromatic carbocycles. The van der Waals surface area contributed by atoms with E-state index in [0.717, 1.165) is 0 Å². The van der Waals surface area contributed by atoms with E-state index in [9.17, 15) is 23.7 Å². The Hall–Kier alpha value is -3.03. The van der Waals surface area contributed by atoms with Crippen LogP contribution in [0.4, 0.5) is 20.2 Å². The van der Waals surface area contributed by atoms with Gasteiger partial charge in [-0.25, -0.2) is 0 Å². The van der Waals surface area contributed by atoms with Gasteiger partial charge in [0.05, 0.1) is 11.3 Å². The molecule has 0 aromatic heterocycles. The van der Waals surface area contributed by atoms with Crippen LogP contribution in [0.2, 0.25) is 0 Å². The van der Waals surface area contributed by atoms with Crippen molar-refractivity contribution < 1.29 is 23.2 Å². The second-order valence-corrected chi connectivity index (χ2v) is 4.55. The minimum Gasteiger partial charge on any atom is -0.435 e. The van der Waals surface area contributed by atoms with E-state index >= 15 is 0 Å². The van der Waals surface area contributed by atoms with E-state index in [-0.39, 0.29) is 23.8 Å². The number of nitrogens with one attached hydrogen (secondary N) is 1. The van der Waals surface area contributed by atoms with E-state index < -0.39 is 11.5 Å². The number of hydrogen-bond donors (Lipinski definition) is 1. The number of nitro groups is 1. The topological polar surface area (TPSA) is 81.5 Å². The molecule has 0 fully saturated rings. The second kappa shape index (κ2) is 7.30. The number of nitro benzene ring substituents is 1. The van der Waals surface area contributed by atoms with Crippen LogP contribution in [0, 0.1) is 10.1 Å². The van der Waals surface area contributed by atoms with E-state index in [0.29, 0.717) is 11.3 Å². The van der Waals surface area contributed by atoms with E-state index in [4.69, 9.17) is 0 Å². The molecule has 8 heteroatoms. The number of ether oxygens (including phenoxy) is 1. The Morgan fingerprint density at radius 3 is 2.26 bits per heavy atom. The molecule has 1 N–H and O–H groups in total. The molecule has 0 aliphatic carbocycles. The summed E-state index contributed by atoms with van der Waals surface area (Å²) in [6.07, 6.45) is 0.0337. The molecule has 23 heavy (non-hydrogen) atoms. The van der Waals surface area contributed by atoms with Gasteiger partial charge in [-0.3, -0.25) is 14.9 Å². The van der Waals surface area contributed by atoms with Crippen molar-refractivity contribution in [3.63, 3.8) is 0 Å². The van der Waals surface area contributed by atoms with Gasteiger partial charge in [-0.1, -0.05) is 12.1 Å². The highest BCUT2D eigenvalue weighted by Crippen LogP contribution is 2.17. The molecule has 0 aliphatic rings. The molecule has 120 valence electrons. The van der Waals surface area contributed by atoms with Crippen molar-refractivity contribution in [3.05, 3.63) is 64.2 Å². The first-order valence-electron chi connectivity index (χ1n) is 6.52. The first-order valence-corrected chi connectivity index (χ1v) is 6.52. The summed E-state index contributed by atoms with van der Waals surface area (Å²) in [6.45, 7) is -2.90. The number of anilines is 1. The molecular formula is C15H12F2N2O4. The van der Waals surface area contributed by atoms with Crippen molar-refractivity contribution >= 4 is 17.3 Å². The zero-order chi connectivity index (χ0) is 16.8. The van der Waals surface area contributed by atoms with Crippen molar-refractivity contribution in [1.82, 2.24) is 0 Å². The second-order valence-electron chi connectivity index (χ2n) is 4.55. The Bertz CT molecular complexity index is 688. The largest absolute Gasteiger partial charge is 0.435 e. The lowest BCUT2D eigenvalue weighted by molar-refractivity contribution is -0.384. The summed E-state index contributed by atoms with van der Waals surface area (Å²) < 4.78 is 28.3. The Labute approximate surface area is 129 Å². The molecule has 0 bridgehead atoms. The zero-order valence-corrected chi connectivity index (χ0v) is 11.7. The van der Waals surface area contributed by atoms with Gasteiger partial charge >= 0.3 is 6.61 Å². The van der Waals surface area contributed by atoms with E-state index in [2.05, 4.69) is 10.1 Å². The van der Waals surface area contributed by atoms with Crippen LogP contribution in [-0.2, 0) is 11.2 Å². The summed E-state index contributed by atoms with van der Waals surface area (Å²) in [6, 6.07) is 11.1. The van der Waals surface area contributed by atoms with Crippen LogP contribution in [0.3, 0.4) is 0 Å². The zero-order valence-electron chi connectivity index (χ0n) is 11.7. The third-order valence-corrected chi connectivity index (χ3v) is 2.88. The third-order valence-electron chi connectivity index (χ3n) is 2.88. The summed E-state index contributed by atoms with van der Waals surface area (Å²) in [7, 11) is 0. The van der Waals surface area contributed by atoms with Crippen molar-refractivity contribution in [1.29, 1.82) is 0 Å². The Kier molecular flexibility index (Phi) is 5.19. The Morgan fingerprint density at radius 1 is 1.13 bits per heavy atom. The third kappa shape index (κ3) is 5.03. The number of carbonyl (C=O) groups is 1. The highest BCUT2D eigenvalue weighted by atomic mass is 19.3. The standard InChI is InChI=1S/C15H12F2N2O4/c16-15(17)23-13-7-1-10(2-8-13)9-14(20)18-11-3-5-12(6-4-11)19(21)22/h1-8,15H,9H2,(H,18,20). The Morgan fingerprint density at radius 2 is 1.74 bits per heavy atom. The molecule has 0 heterocycles. The summed E-state index contributed by atoms with van der Waals surface area (Å²) in [5.74, 6) is -0.319. The first kappa shape index (κ1) is 16.3. The maximum Gasteiger partial charge on any atom is 0.387 e. The number of rotatable bonds is 6. The van der Waals surface area contributed by atoms with Crippen molar-refractivity contribution in [3.8, 4) is 5.75 Å². The van der Waals surface area contributed by atoms with Crippen LogP contribution >= 0.6 is 0 Å². The molecule has 0 atom stereocenters. The van der Waals surface area contributed by atoms with Crippen molar-refractivity contribution in [2.45, 2.75) is 13.0 Å². The number of benzene rings is 2. The summed E-state index contributed by atoms with van der Waals surface area (Å²) in [5.41, 5.74) is 0.974. The van der Waals surface area contributed by atoms with Gasteiger partial charge < -0.3 is 10.1 Å². The highest BCUT2D eigenvalue weighted by Gasteiger charge is 2.08. The minimum atomic E-state index is -2.90. The van der Waals surface area contributed by atoms with Gasteiger partial charge in [0.1, 0.15) is 5.75 Å². The quantitative estimate of drug-likeness (QED) is 0.653. The SMILES string of the molecule is O=C(Cc1ccc(OC(F)F)cc1)Nc1ccc([N+](=O)[O-])cc1. The first-order chi connectivity index (χ1) is 10.9. The van der Waals surface area contributed by atoms with Gasteiger partial charge in [0.2, 0.25) is 5.91 Å². The van der Waals surface area contributed by atoms with Crippen LogP contribution < -0.4 is 10.1 Å². The molecule has 2 aromatic rings. The summed E-state index contributed by atoms with van der Waals surface area (Å²) >= 11 is 0. The number of hydrogen-bond acceptors (Lipinski definition) is 4. The molecule has 2 rings (SSSR count). The molecule has 1 amide bonds. The van der Waals surface area contributed by atoms with E-state index in [1.165, 1.54) is 48.5 Å². The lowest BCUT2D eigenvalue weighted by Crippen LogP contribution is -2.14. The molecular weight excluding hydrogens is 310 g/mol. The van der Waals surface area contributed by atoms with Gasteiger partial charge in [0, 0.05) is 17.8 Å². The Balaban J connectivity index is 1.92. The fraction of sp³-hybridized carbons (Fsp3) is 0.133. The number of nitrogens with zero attached hydrogens (tertiary/aromatic N) is 1. The summed E-state index contributed by atoms with van der Waals surface area (Å²) in [4.78, 5) is 21.9. The van der Waals surface area contributed by atoms with Crippen molar-refractivity contribution in [2.75, 3.05) is 5.32 Å². The van der Waals surface area contributed by atoms with Crippen molar-refractivity contribution in [2.24, 2.45) is 0 Å². The fourth-order valence-corrected chi connectivity index (χ4v) is 1.85. The van der Waals surface area contributed by atoms with Gasteiger partial charge in [0.15, 0.2) is 0 Å². The van der Waals surface area contributed by atoms with Gasteiger partial charge in [-0.05, 0) is 29.8 Å².